The summed E-state index contributed by atoms with van der Waals surface area (Å²) < 4.78 is 1.59. The van der Waals surface area contributed by atoms with Crippen molar-refractivity contribution in [1.82, 2.24) is 14.8 Å². The molecule has 2 aromatic heterocycles. The molecule has 0 amide bonds. The Kier molecular flexibility index (Phi) is 7.57. The summed E-state index contributed by atoms with van der Waals surface area (Å²) in [6.07, 6.45) is 15.1. The van der Waals surface area contributed by atoms with Gasteiger partial charge in [-0.2, -0.15) is 16.9 Å². The monoisotopic (exact) mass is 399 g/mol. The highest BCUT2D eigenvalue weighted by Gasteiger charge is 2.21. The second-order valence-electron chi connectivity index (χ2n) is 6.22. The van der Waals surface area contributed by atoms with Crippen molar-refractivity contribution in [3.8, 4) is 11.1 Å². The van der Waals surface area contributed by atoms with Gasteiger partial charge in [-0.3, -0.25) is 10.1 Å². The Morgan fingerprint density at radius 2 is 2.25 bits per heavy atom. The van der Waals surface area contributed by atoms with Crippen LogP contribution in [0.4, 0.5) is 11.5 Å². The van der Waals surface area contributed by atoms with Gasteiger partial charge >= 0.3 is 5.69 Å². The fourth-order valence-electron chi connectivity index (χ4n) is 2.60. The molecule has 8 heteroatoms. The number of nitrogens with two attached hydrogens (primary N) is 1. The van der Waals surface area contributed by atoms with Gasteiger partial charge in [0.2, 0.25) is 5.82 Å². The quantitative estimate of drug-likeness (QED) is 0.364. The first kappa shape index (κ1) is 21.4. The maximum Gasteiger partial charge on any atom is 0.319 e. The van der Waals surface area contributed by atoms with E-state index in [1.54, 1.807) is 34.9 Å². The van der Waals surface area contributed by atoms with Crippen molar-refractivity contribution in [1.29, 1.82) is 0 Å². The van der Waals surface area contributed by atoms with Gasteiger partial charge in [0.15, 0.2) is 0 Å². The molecule has 28 heavy (non-hydrogen) atoms. The number of anilines is 1. The molecule has 0 bridgehead atoms. The summed E-state index contributed by atoms with van der Waals surface area (Å²) in [5.41, 5.74) is 8.30. The number of nitrogens with zero attached hydrogens (tertiary/aromatic N) is 4. The lowest BCUT2D eigenvalue weighted by Gasteiger charge is -2.10. The van der Waals surface area contributed by atoms with Crippen LogP contribution in [0.1, 0.15) is 26.7 Å². The van der Waals surface area contributed by atoms with Gasteiger partial charge < -0.3 is 5.73 Å². The lowest BCUT2D eigenvalue weighted by molar-refractivity contribution is -0.383. The molecular formula is C20H25N5O2S. The first-order valence-corrected chi connectivity index (χ1v) is 10.2. The zero-order chi connectivity index (χ0) is 20.7. The smallest absolute Gasteiger partial charge is 0.319 e. The molecule has 148 valence electrons. The van der Waals surface area contributed by atoms with Gasteiger partial charge in [-0.25, -0.2) is 9.67 Å². The van der Waals surface area contributed by atoms with Crippen molar-refractivity contribution >= 4 is 29.0 Å². The average Bonchev–Trinajstić information content (AvgIpc) is 3.17. The van der Waals surface area contributed by atoms with E-state index in [4.69, 9.17) is 5.73 Å². The molecule has 2 N–H and O–H groups in total. The van der Waals surface area contributed by atoms with Gasteiger partial charge in [0.05, 0.1) is 22.4 Å². The zero-order valence-electron chi connectivity index (χ0n) is 16.3. The standard InChI is InChI=1S/C20H25N5O2S/c1-5-6-7-16(15(3)28-4)9-8-14(2)24-13-17(12-23-24)18-10-11-22-20(21)19(18)25(26)27/h7-13,15H,2,5-6H2,1,3-4H3,(H2,21,22)/b9-8-,16-7+. The van der Waals surface area contributed by atoms with Gasteiger partial charge in [0, 0.05) is 23.2 Å². The number of thioether (sulfide) groups is 1. The average molecular weight is 400 g/mol. The van der Waals surface area contributed by atoms with Crippen molar-refractivity contribution in [2.24, 2.45) is 0 Å². The SMILES string of the molecule is C=C(/C=C\C(=C/CCC)C(C)SC)n1cc(-c2ccnc(N)c2[N+](=O)[O-])cn1. The van der Waals surface area contributed by atoms with Crippen LogP contribution in [0.3, 0.4) is 0 Å². The number of nitro groups is 1. The van der Waals surface area contributed by atoms with Crippen LogP contribution in [0.2, 0.25) is 0 Å². The van der Waals surface area contributed by atoms with Crippen LogP contribution in [0.5, 0.6) is 0 Å². The van der Waals surface area contributed by atoms with E-state index < -0.39 is 4.92 Å². The Labute approximate surface area is 169 Å². The van der Waals surface area contributed by atoms with Gasteiger partial charge in [-0.05, 0) is 37.3 Å². The summed E-state index contributed by atoms with van der Waals surface area (Å²) in [4.78, 5) is 14.6. The Bertz CT molecular complexity index is 917. The van der Waals surface area contributed by atoms with E-state index >= 15 is 0 Å². The first-order chi connectivity index (χ1) is 13.4. The number of rotatable bonds is 9. The summed E-state index contributed by atoms with van der Waals surface area (Å²) >= 11 is 1.78. The molecular weight excluding hydrogens is 374 g/mol. The van der Waals surface area contributed by atoms with Gasteiger partial charge in [-0.1, -0.05) is 32.1 Å². The number of hydrogen-bond acceptors (Lipinski definition) is 6. The van der Waals surface area contributed by atoms with Crippen molar-refractivity contribution in [2.75, 3.05) is 12.0 Å². The maximum atomic E-state index is 11.3. The van der Waals surface area contributed by atoms with Gasteiger partial charge in [0.25, 0.3) is 0 Å². The Morgan fingerprint density at radius 3 is 2.89 bits per heavy atom. The predicted octanol–water partition coefficient (Wildman–Crippen LogP) is 4.94. The van der Waals surface area contributed by atoms with Gasteiger partial charge in [0.1, 0.15) is 0 Å². The van der Waals surface area contributed by atoms with Crippen LogP contribution in [-0.4, -0.2) is 31.2 Å². The van der Waals surface area contributed by atoms with Crippen LogP contribution >= 0.6 is 11.8 Å². The Hall–Kier alpha value is -2.87. The molecule has 0 radical (unpaired) electrons. The number of allylic oxidation sites excluding steroid dienone is 4. The van der Waals surface area contributed by atoms with Crippen LogP contribution in [0, 0.1) is 10.1 Å². The molecule has 1 unspecified atom stereocenters. The summed E-state index contributed by atoms with van der Waals surface area (Å²) in [5.74, 6) is -0.120. The fraction of sp³-hybridized carbons (Fsp3) is 0.300. The minimum atomic E-state index is -0.529. The molecule has 0 aromatic carbocycles. The topological polar surface area (TPSA) is 99.9 Å². The highest BCUT2D eigenvalue weighted by molar-refractivity contribution is 7.99. The molecule has 0 aliphatic carbocycles. The lowest BCUT2D eigenvalue weighted by Crippen LogP contribution is -2.00. The van der Waals surface area contributed by atoms with E-state index in [1.807, 2.05) is 12.2 Å². The fourth-order valence-corrected chi connectivity index (χ4v) is 3.05. The third-order valence-corrected chi connectivity index (χ3v) is 5.26. The largest absolute Gasteiger partial charge is 0.378 e. The number of pyridine rings is 1. The molecule has 2 heterocycles. The van der Waals surface area contributed by atoms with Crippen LogP contribution in [-0.2, 0) is 0 Å². The summed E-state index contributed by atoms with van der Waals surface area (Å²) in [7, 11) is 0. The molecule has 0 spiro atoms. The Balaban J connectivity index is 2.28. The molecule has 0 aliphatic rings. The molecule has 0 saturated heterocycles. The zero-order valence-corrected chi connectivity index (χ0v) is 17.1. The van der Waals surface area contributed by atoms with E-state index in [2.05, 4.69) is 42.8 Å². The van der Waals surface area contributed by atoms with Crippen molar-refractivity contribution in [2.45, 2.75) is 31.9 Å². The minimum absolute atomic E-state index is 0.120. The predicted molar refractivity (Wildman–Crippen MR) is 117 cm³/mol. The third-order valence-electron chi connectivity index (χ3n) is 4.28. The molecule has 7 nitrogen and oxygen atoms in total. The second kappa shape index (κ2) is 9.89. The maximum absolute atomic E-state index is 11.3. The summed E-state index contributed by atoms with van der Waals surface area (Å²) in [5, 5.41) is 16.0. The molecule has 0 saturated carbocycles. The third kappa shape index (κ3) is 5.10. The van der Waals surface area contributed by atoms with E-state index in [-0.39, 0.29) is 11.5 Å². The Morgan fingerprint density at radius 1 is 1.50 bits per heavy atom. The van der Waals surface area contributed by atoms with Crippen LogP contribution < -0.4 is 5.73 Å². The molecule has 2 aromatic rings. The van der Waals surface area contributed by atoms with Crippen molar-refractivity contribution in [3.05, 3.63) is 65.2 Å². The van der Waals surface area contributed by atoms with Crippen molar-refractivity contribution < 1.29 is 4.92 Å². The van der Waals surface area contributed by atoms with E-state index in [0.717, 1.165) is 12.8 Å². The number of aromatic nitrogens is 3. The molecule has 2 rings (SSSR count). The van der Waals surface area contributed by atoms with E-state index in [1.165, 1.54) is 11.8 Å². The van der Waals surface area contributed by atoms with E-state index in [0.29, 0.717) is 22.1 Å². The number of unbranched alkanes of at least 4 members (excludes halogenated alkanes) is 1. The normalized spacial score (nSPS) is 13.0. The van der Waals surface area contributed by atoms with Crippen LogP contribution in [0.15, 0.2) is 55.0 Å². The lowest BCUT2D eigenvalue weighted by atomic mass is 10.1. The van der Waals surface area contributed by atoms with Gasteiger partial charge in [-0.15, -0.1) is 0 Å². The molecule has 0 fully saturated rings. The van der Waals surface area contributed by atoms with Crippen LogP contribution in [0.25, 0.3) is 16.8 Å². The molecule has 1 atom stereocenters. The summed E-state index contributed by atoms with van der Waals surface area (Å²) in [6, 6.07) is 1.56. The van der Waals surface area contributed by atoms with E-state index in [9.17, 15) is 10.1 Å². The number of hydrogen-bond donors (Lipinski definition) is 1. The highest BCUT2D eigenvalue weighted by atomic mass is 32.2. The second-order valence-corrected chi connectivity index (χ2v) is 7.40. The highest BCUT2D eigenvalue weighted by Crippen LogP contribution is 2.33. The number of nitrogen functional groups attached to an aromatic ring is 1. The minimum Gasteiger partial charge on any atom is -0.378 e. The summed E-state index contributed by atoms with van der Waals surface area (Å²) in [6.45, 7) is 8.37. The van der Waals surface area contributed by atoms with Crippen molar-refractivity contribution in [3.63, 3.8) is 0 Å². The first-order valence-electron chi connectivity index (χ1n) is 8.93. The molecule has 0 aliphatic heterocycles.